The van der Waals surface area contributed by atoms with Crippen LogP contribution in [0.1, 0.15) is 18.4 Å². The van der Waals surface area contributed by atoms with Gasteiger partial charge in [0.1, 0.15) is 5.84 Å². The Kier molecular flexibility index (Phi) is 8.90. The van der Waals surface area contributed by atoms with E-state index in [0.29, 0.717) is 19.0 Å². The lowest BCUT2D eigenvalue weighted by atomic mass is 10.2. The summed E-state index contributed by atoms with van der Waals surface area (Å²) >= 11 is 1.55. The maximum absolute atomic E-state index is 12.5. The van der Waals surface area contributed by atoms with Crippen molar-refractivity contribution in [1.82, 2.24) is 30.2 Å². The summed E-state index contributed by atoms with van der Waals surface area (Å²) in [5.74, 6) is 1.49. The van der Waals surface area contributed by atoms with Crippen LogP contribution in [-0.4, -0.2) is 107 Å². The molecule has 1 aromatic heterocycles. The summed E-state index contributed by atoms with van der Waals surface area (Å²) in [6.45, 7) is 4.28. The number of amidine groups is 2. The first-order chi connectivity index (χ1) is 17.1. The molecule has 10 nitrogen and oxygen atoms in total. The highest BCUT2D eigenvalue weighted by molar-refractivity contribution is 8.13. The highest BCUT2D eigenvalue weighted by Gasteiger charge is 2.21. The molecule has 1 amide bonds. The standard InChI is InChI=1S/C24H33N9OS/c1-31(2)17-23(34)33-11-5-10-32(12-13-33)20-6-3-8-25-22(14-20)30-24-26-9-4-7-21(27-18-35-24)19-15-28-29-16-19/h3-4,7-8,14-16H,5-6,9-13,17-18H2,1-2H3,(H,28,29)(H,25,26,30)/b7-4-,27-21?. The minimum absolute atomic E-state index is 0.193. The lowest BCUT2D eigenvalue weighted by molar-refractivity contribution is -0.131. The fraction of sp³-hybridized carbons (Fsp3) is 0.458. The van der Waals surface area contributed by atoms with Crippen molar-refractivity contribution < 1.29 is 4.79 Å². The fourth-order valence-corrected chi connectivity index (χ4v) is 4.67. The number of allylic oxidation sites excluding steroid dienone is 2. The van der Waals surface area contributed by atoms with E-state index >= 15 is 0 Å². The highest BCUT2D eigenvalue weighted by Crippen LogP contribution is 2.17. The number of aromatic amines is 1. The molecule has 1 saturated heterocycles. The summed E-state index contributed by atoms with van der Waals surface area (Å²) < 4.78 is 0. The molecular weight excluding hydrogens is 462 g/mol. The van der Waals surface area contributed by atoms with Crippen LogP contribution in [0, 0.1) is 0 Å². The van der Waals surface area contributed by atoms with Crippen LogP contribution in [0.25, 0.3) is 0 Å². The van der Waals surface area contributed by atoms with Gasteiger partial charge in [-0.25, -0.2) is 4.99 Å². The molecule has 0 unspecified atom stereocenters. The minimum Gasteiger partial charge on any atom is -0.373 e. The number of likely N-dealkylation sites (N-methyl/N-ethyl adjacent to an activating group) is 1. The number of carbonyl (C=O) groups excluding carboxylic acids is 1. The average molecular weight is 496 g/mol. The molecule has 0 atom stereocenters. The third-order valence-corrected chi connectivity index (χ3v) is 6.50. The van der Waals surface area contributed by atoms with Crippen LogP contribution in [-0.2, 0) is 4.79 Å². The van der Waals surface area contributed by atoms with Crippen LogP contribution < -0.4 is 5.32 Å². The van der Waals surface area contributed by atoms with Gasteiger partial charge in [0.15, 0.2) is 5.17 Å². The molecule has 186 valence electrons. The van der Waals surface area contributed by atoms with Gasteiger partial charge in [-0.05, 0) is 26.6 Å². The van der Waals surface area contributed by atoms with E-state index in [9.17, 15) is 4.79 Å². The van der Waals surface area contributed by atoms with Crippen LogP contribution in [0.5, 0.6) is 0 Å². The summed E-state index contributed by atoms with van der Waals surface area (Å²) in [4.78, 5) is 32.7. The third-order valence-electron chi connectivity index (χ3n) is 5.74. The van der Waals surface area contributed by atoms with Crippen LogP contribution in [0.15, 0.2) is 63.6 Å². The molecule has 2 N–H and O–H groups in total. The van der Waals surface area contributed by atoms with Gasteiger partial charge in [-0.1, -0.05) is 23.9 Å². The molecule has 0 bridgehead atoms. The maximum atomic E-state index is 12.5. The van der Waals surface area contributed by atoms with Crippen molar-refractivity contribution >= 4 is 34.4 Å². The van der Waals surface area contributed by atoms with E-state index in [1.807, 2.05) is 48.4 Å². The van der Waals surface area contributed by atoms with Crippen molar-refractivity contribution in [3.05, 3.63) is 54.2 Å². The van der Waals surface area contributed by atoms with Crippen LogP contribution in [0.4, 0.5) is 0 Å². The Hall–Kier alpha value is -3.18. The molecule has 1 fully saturated rings. The molecule has 4 heterocycles. The number of amides is 1. The SMILES string of the molecule is CN(C)CC(=O)N1CCCN(C2=CC(NC3=NC/C=C\C(c4cn[nH]c4)=NCS3)=NC=CC2)CC1. The topological polar surface area (TPSA) is 105 Å². The van der Waals surface area contributed by atoms with E-state index in [2.05, 4.69) is 47.5 Å². The molecule has 11 heteroatoms. The van der Waals surface area contributed by atoms with Crippen molar-refractivity contribution in [2.24, 2.45) is 15.0 Å². The summed E-state index contributed by atoms with van der Waals surface area (Å²) in [6.07, 6.45) is 15.4. The van der Waals surface area contributed by atoms with E-state index < -0.39 is 0 Å². The Morgan fingerprint density at radius 2 is 2.11 bits per heavy atom. The summed E-state index contributed by atoms with van der Waals surface area (Å²) in [5.41, 5.74) is 3.04. The van der Waals surface area contributed by atoms with E-state index in [-0.39, 0.29) is 5.91 Å². The van der Waals surface area contributed by atoms with Crippen molar-refractivity contribution in [3.8, 4) is 0 Å². The monoisotopic (exact) mass is 495 g/mol. The predicted octanol–water partition coefficient (Wildman–Crippen LogP) is 1.70. The smallest absolute Gasteiger partial charge is 0.236 e. The largest absolute Gasteiger partial charge is 0.373 e. The first-order valence-electron chi connectivity index (χ1n) is 11.8. The van der Waals surface area contributed by atoms with Gasteiger partial charge in [0.25, 0.3) is 0 Å². The Balaban J connectivity index is 1.38. The van der Waals surface area contributed by atoms with Crippen molar-refractivity contribution in [3.63, 3.8) is 0 Å². The number of aliphatic imine (C=N–C) groups is 3. The number of nitrogens with one attached hydrogen (secondary N) is 2. The summed E-state index contributed by atoms with van der Waals surface area (Å²) in [5, 5.41) is 11.0. The third kappa shape index (κ3) is 7.40. The Morgan fingerprint density at radius 3 is 2.94 bits per heavy atom. The quantitative estimate of drug-likeness (QED) is 0.659. The molecule has 1 aromatic rings. The number of carbonyl (C=O) groups is 1. The summed E-state index contributed by atoms with van der Waals surface area (Å²) in [7, 11) is 3.86. The lowest BCUT2D eigenvalue weighted by Crippen LogP contribution is -2.40. The Morgan fingerprint density at radius 1 is 1.20 bits per heavy atom. The number of thioether (sulfide) groups is 1. The van der Waals surface area contributed by atoms with Crippen molar-refractivity contribution in [2.75, 3.05) is 59.2 Å². The van der Waals surface area contributed by atoms with E-state index in [1.54, 1.807) is 18.0 Å². The van der Waals surface area contributed by atoms with Gasteiger partial charge >= 0.3 is 0 Å². The minimum atomic E-state index is 0.193. The Labute approximate surface area is 210 Å². The molecule has 0 saturated carbocycles. The zero-order valence-electron chi connectivity index (χ0n) is 20.4. The van der Waals surface area contributed by atoms with Crippen molar-refractivity contribution in [2.45, 2.75) is 12.8 Å². The van der Waals surface area contributed by atoms with Crippen LogP contribution >= 0.6 is 11.8 Å². The average Bonchev–Trinajstić information content (AvgIpc) is 3.16. The zero-order valence-corrected chi connectivity index (χ0v) is 21.2. The molecule has 0 radical (unpaired) electrons. The maximum Gasteiger partial charge on any atom is 0.236 e. The molecule has 0 spiro atoms. The molecule has 0 aliphatic carbocycles. The van der Waals surface area contributed by atoms with Crippen molar-refractivity contribution in [1.29, 1.82) is 0 Å². The van der Waals surface area contributed by atoms with Gasteiger partial charge in [0.05, 0.1) is 30.9 Å². The van der Waals surface area contributed by atoms with E-state index in [4.69, 9.17) is 0 Å². The number of aromatic nitrogens is 2. The van der Waals surface area contributed by atoms with Gasteiger partial charge in [0, 0.05) is 62.3 Å². The number of nitrogens with zero attached hydrogens (tertiary/aromatic N) is 7. The zero-order chi connectivity index (χ0) is 24.5. The van der Waals surface area contributed by atoms with E-state index in [1.165, 1.54) is 5.70 Å². The number of rotatable bonds is 4. The Bertz CT molecular complexity index is 1050. The predicted molar refractivity (Wildman–Crippen MR) is 143 cm³/mol. The number of hydrogen-bond donors (Lipinski definition) is 2. The second kappa shape index (κ2) is 12.5. The van der Waals surface area contributed by atoms with E-state index in [0.717, 1.165) is 61.3 Å². The lowest BCUT2D eigenvalue weighted by Gasteiger charge is -2.26. The molecule has 3 aliphatic rings. The normalized spacial score (nSPS) is 20.4. The number of H-pyrrole nitrogens is 1. The van der Waals surface area contributed by atoms with Gasteiger partial charge in [-0.2, -0.15) is 5.10 Å². The molecule has 3 aliphatic heterocycles. The second-order valence-corrected chi connectivity index (χ2v) is 9.61. The second-order valence-electron chi connectivity index (χ2n) is 8.68. The van der Waals surface area contributed by atoms with Gasteiger partial charge in [-0.15, -0.1) is 0 Å². The molecule has 0 aromatic carbocycles. The van der Waals surface area contributed by atoms with Gasteiger partial charge in [-0.3, -0.25) is 19.9 Å². The van der Waals surface area contributed by atoms with Gasteiger partial charge < -0.3 is 20.0 Å². The molecule has 4 rings (SSSR count). The molecular formula is C24H33N9OS. The fourth-order valence-electron chi connectivity index (χ4n) is 4.00. The first kappa shape index (κ1) is 24.9. The highest BCUT2D eigenvalue weighted by atomic mass is 32.2. The first-order valence-corrected chi connectivity index (χ1v) is 12.8. The molecule has 35 heavy (non-hydrogen) atoms. The number of hydrogen-bond acceptors (Lipinski definition) is 9. The summed E-state index contributed by atoms with van der Waals surface area (Å²) in [6, 6.07) is 0. The van der Waals surface area contributed by atoms with Gasteiger partial charge in [0.2, 0.25) is 5.91 Å². The van der Waals surface area contributed by atoms with Crippen LogP contribution in [0.2, 0.25) is 0 Å². The van der Waals surface area contributed by atoms with Crippen LogP contribution in [0.3, 0.4) is 0 Å².